The summed E-state index contributed by atoms with van der Waals surface area (Å²) < 4.78 is 0. The fraction of sp³-hybridized carbons (Fsp3) is 0.400. The monoisotopic (exact) mass is 315 g/mol. The summed E-state index contributed by atoms with van der Waals surface area (Å²) in [5.41, 5.74) is 7.26. The van der Waals surface area contributed by atoms with Crippen LogP contribution in [0.4, 0.5) is 0 Å². The van der Waals surface area contributed by atoms with E-state index in [0.717, 1.165) is 6.54 Å². The summed E-state index contributed by atoms with van der Waals surface area (Å²) in [6.45, 7) is 5.37. The van der Waals surface area contributed by atoms with Crippen LogP contribution in [0.3, 0.4) is 0 Å². The van der Waals surface area contributed by atoms with Crippen LogP contribution < -0.4 is 5.32 Å². The van der Waals surface area contributed by atoms with Gasteiger partial charge in [-0.3, -0.25) is 0 Å². The zero-order chi connectivity index (χ0) is 14.7. The van der Waals surface area contributed by atoms with Crippen molar-refractivity contribution in [1.82, 2.24) is 5.32 Å². The summed E-state index contributed by atoms with van der Waals surface area (Å²) in [6, 6.07) is 16.3. The van der Waals surface area contributed by atoms with Gasteiger partial charge in [0.15, 0.2) is 0 Å². The Balaban J connectivity index is 0.00000176. The maximum Gasteiger partial charge on any atom is 0.0210 e. The van der Waals surface area contributed by atoms with Crippen molar-refractivity contribution in [3.8, 4) is 0 Å². The Kier molecular flexibility index (Phi) is 6.05. The Bertz CT molecular complexity index is 621. The van der Waals surface area contributed by atoms with Gasteiger partial charge in [0.2, 0.25) is 0 Å². The lowest BCUT2D eigenvalue weighted by Gasteiger charge is -2.18. The summed E-state index contributed by atoms with van der Waals surface area (Å²) in [5, 5.41) is 3.79. The molecule has 0 aromatic heterocycles. The van der Waals surface area contributed by atoms with Crippen molar-refractivity contribution in [2.75, 3.05) is 0 Å². The highest BCUT2D eigenvalue weighted by Gasteiger charge is 2.16. The predicted octanol–water partition coefficient (Wildman–Crippen LogP) is 4.76. The lowest BCUT2D eigenvalue weighted by atomic mass is 10.0. The number of benzene rings is 2. The SMILES string of the molecule is Cc1ccc(C)c(CNC2CCCc3ccccc3C2)c1.Cl. The van der Waals surface area contributed by atoms with Crippen molar-refractivity contribution in [3.05, 3.63) is 70.3 Å². The molecule has 1 aliphatic carbocycles. The number of hydrogen-bond donors (Lipinski definition) is 1. The summed E-state index contributed by atoms with van der Waals surface area (Å²) in [7, 11) is 0. The highest BCUT2D eigenvalue weighted by molar-refractivity contribution is 5.85. The highest BCUT2D eigenvalue weighted by atomic mass is 35.5. The fourth-order valence-electron chi connectivity index (χ4n) is 3.33. The van der Waals surface area contributed by atoms with Gasteiger partial charge in [0.05, 0.1) is 0 Å². The normalized spacial score (nSPS) is 17.3. The van der Waals surface area contributed by atoms with Gasteiger partial charge >= 0.3 is 0 Å². The van der Waals surface area contributed by atoms with Gasteiger partial charge < -0.3 is 5.32 Å². The second-order valence-electron chi connectivity index (χ2n) is 6.37. The van der Waals surface area contributed by atoms with Crippen LogP contribution in [0, 0.1) is 13.8 Å². The third-order valence-corrected chi connectivity index (χ3v) is 4.67. The van der Waals surface area contributed by atoms with Crippen LogP contribution in [0.25, 0.3) is 0 Å². The van der Waals surface area contributed by atoms with Crippen LogP contribution in [0.15, 0.2) is 42.5 Å². The van der Waals surface area contributed by atoms with Gasteiger partial charge in [-0.2, -0.15) is 0 Å². The average Bonchev–Trinajstić information content (AvgIpc) is 2.70. The van der Waals surface area contributed by atoms with E-state index in [1.165, 1.54) is 47.9 Å². The molecule has 1 N–H and O–H groups in total. The summed E-state index contributed by atoms with van der Waals surface area (Å²) in [4.78, 5) is 0. The number of halogens is 1. The van der Waals surface area contributed by atoms with E-state index in [2.05, 4.69) is 61.6 Å². The van der Waals surface area contributed by atoms with E-state index in [1.54, 1.807) is 5.56 Å². The van der Waals surface area contributed by atoms with Gasteiger partial charge in [0.25, 0.3) is 0 Å². The fourth-order valence-corrected chi connectivity index (χ4v) is 3.33. The first kappa shape index (κ1) is 17.1. The standard InChI is InChI=1S/C20H25N.ClH/c1-15-10-11-16(2)19(12-15)14-21-20-9-5-8-17-6-3-4-7-18(17)13-20;/h3-4,6-7,10-12,20-21H,5,8-9,13-14H2,1-2H3;1H. The van der Waals surface area contributed by atoms with Gasteiger partial charge in [-0.25, -0.2) is 0 Å². The molecule has 1 aliphatic rings. The summed E-state index contributed by atoms with van der Waals surface area (Å²) >= 11 is 0. The molecule has 22 heavy (non-hydrogen) atoms. The molecule has 0 bridgehead atoms. The molecule has 2 aromatic carbocycles. The molecule has 0 saturated carbocycles. The Labute approximate surface area is 140 Å². The Morgan fingerprint density at radius 3 is 2.64 bits per heavy atom. The minimum absolute atomic E-state index is 0. The molecule has 1 nitrogen and oxygen atoms in total. The number of nitrogens with one attached hydrogen (secondary N) is 1. The van der Waals surface area contributed by atoms with E-state index in [1.807, 2.05) is 0 Å². The first-order valence-electron chi connectivity index (χ1n) is 8.08. The average molecular weight is 316 g/mol. The van der Waals surface area contributed by atoms with Crippen LogP contribution >= 0.6 is 12.4 Å². The molecular weight excluding hydrogens is 290 g/mol. The van der Waals surface area contributed by atoms with Crippen LogP contribution in [-0.4, -0.2) is 6.04 Å². The van der Waals surface area contributed by atoms with Crippen molar-refractivity contribution in [2.45, 2.75) is 52.1 Å². The van der Waals surface area contributed by atoms with Gasteiger partial charge in [0.1, 0.15) is 0 Å². The van der Waals surface area contributed by atoms with Crippen LogP contribution in [0.1, 0.15) is 40.7 Å². The van der Waals surface area contributed by atoms with Crippen LogP contribution in [0.5, 0.6) is 0 Å². The quantitative estimate of drug-likeness (QED) is 0.805. The molecule has 0 radical (unpaired) electrons. The van der Waals surface area contributed by atoms with Crippen LogP contribution in [0.2, 0.25) is 0 Å². The van der Waals surface area contributed by atoms with Crippen molar-refractivity contribution in [3.63, 3.8) is 0 Å². The molecule has 0 aliphatic heterocycles. The molecular formula is C20H26ClN. The molecule has 0 spiro atoms. The van der Waals surface area contributed by atoms with E-state index in [-0.39, 0.29) is 12.4 Å². The largest absolute Gasteiger partial charge is 0.310 e. The van der Waals surface area contributed by atoms with Gasteiger partial charge in [-0.05, 0) is 61.8 Å². The Hall–Kier alpha value is -1.31. The van der Waals surface area contributed by atoms with E-state index >= 15 is 0 Å². The minimum atomic E-state index is 0. The topological polar surface area (TPSA) is 12.0 Å². The third-order valence-electron chi connectivity index (χ3n) is 4.67. The van der Waals surface area contributed by atoms with Crippen molar-refractivity contribution in [1.29, 1.82) is 0 Å². The molecule has 2 heteroatoms. The second kappa shape index (κ2) is 7.80. The molecule has 0 heterocycles. The van der Waals surface area contributed by atoms with Crippen molar-refractivity contribution in [2.24, 2.45) is 0 Å². The summed E-state index contributed by atoms with van der Waals surface area (Å²) in [5.74, 6) is 0. The third kappa shape index (κ3) is 4.12. The molecule has 0 fully saturated rings. The molecule has 0 amide bonds. The van der Waals surface area contributed by atoms with E-state index in [0.29, 0.717) is 6.04 Å². The molecule has 1 atom stereocenters. The van der Waals surface area contributed by atoms with Crippen molar-refractivity contribution < 1.29 is 0 Å². The predicted molar refractivity (Wildman–Crippen MR) is 96.9 cm³/mol. The Morgan fingerprint density at radius 1 is 1.05 bits per heavy atom. The summed E-state index contributed by atoms with van der Waals surface area (Å²) in [6.07, 6.45) is 4.97. The maximum atomic E-state index is 3.79. The lowest BCUT2D eigenvalue weighted by Crippen LogP contribution is -2.30. The molecule has 0 saturated heterocycles. The van der Waals surface area contributed by atoms with E-state index in [4.69, 9.17) is 0 Å². The van der Waals surface area contributed by atoms with Gasteiger partial charge in [0, 0.05) is 12.6 Å². The van der Waals surface area contributed by atoms with E-state index < -0.39 is 0 Å². The second-order valence-corrected chi connectivity index (χ2v) is 6.37. The van der Waals surface area contributed by atoms with Gasteiger partial charge in [-0.15, -0.1) is 12.4 Å². The first-order valence-corrected chi connectivity index (χ1v) is 8.08. The minimum Gasteiger partial charge on any atom is -0.310 e. The molecule has 3 rings (SSSR count). The molecule has 118 valence electrons. The number of aryl methyl sites for hydroxylation is 3. The number of hydrogen-bond acceptors (Lipinski definition) is 1. The zero-order valence-corrected chi connectivity index (χ0v) is 14.4. The smallest absolute Gasteiger partial charge is 0.0210 e. The van der Waals surface area contributed by atoms with E-state index in [9.17, 15) is 0 Å². The molecule has 1 unspecified atom stereocenters. The van der Waals surface area contributed by atoms with Gasteiger partial charge in [-0.1, -0.05) is 48.0 Å². The first-order chi connectivity index (χ1) is 10.2. The maximum absolute atomic E-state index is 3.79. The molecule has 2 aromatic rings. The number of rotatable bonds is 3. The van der Waals surface area contributed by atoms with Crippen LogP contribution in [-0.2, 0) is 19.4 Å². The number of fused-ring (bicyclic) bond motifs is 1. The lowest BCUT2D eigenvalue weighted by molar-refractivity contribution is 0.474. The van der Waals surface area contributed by atoms with Crippen molar-refractivity contribution >= 4 is 12.4 Å². The Morgan fingerprint density at radius 2 is 1.82 bits per heavy atom. The zero-order valence-electron chi connectivity index (χ0n) is 13.6. The highest BCUT2D eigenvalue weighted by Crippen LogP contribution is 2.21.